The van der Waals surface area contributed by atoms with E-state index in [0.717, 1.165) is 35.1 Å². The van der Waals surface area contributed by atoms with Crippen molar-refractivity contribution in [2.75, 3.05) is 18.5 Å². The van der Waals surface area contributed by atoms with E-state index in [9.17, 15) is 19.2 Å². The van der Waals surface area contributed by atoms with Crippen LogP contribution < -0.4 is 5.32 Å². The lowest BCUT2D eigenvalue weighted by atomic mass is 9.54. The van der Waals surface area contributed by atoms with Gasteiger partial charge >= 0.3 is 5.97 Å². The van der Waals surface area contributed by atoms with Crippen LogP contribution in [0.5, 0.6) is 0 Å². The molecule has 2 bridgehead atoms. The zero-order valence-electron chi connectivity index (χ0n) is 24.5. The summed E-state index contributed by atoms with van der Waals surface area (Å²) in [6, 6.07) is 21.8. The Hall–Kier alpha value is -3.68. The maximum absolute atomic E-state index is 13.9. The fourth-order valence-corrected chi connectivity index (χ4v) is 8.08. The summed E-state index contributed by atoms with van der Waals surface area (Å²) in [5.41, 5.74) is 4.17. The number of unbranched alkanes of at least 4 members (excludes halogenated alkanes) is 3. The van der Waals surface area contributed by atoms with Crippen LogP contribution in [-0.4, -0.2) is 41.7 Å². The number of imide groups is 1. The zero-order chi connectivity index (χ0) is 31.1. The standard InChI is InChI=1S/C35H34Cl2N2O5/c1-2-3-21-44-33(43)22-16-18-23(19-17-22)38-28(40)15-5-4-10-20-39-31(41)29-30(32(39)42)35(37)25-12-7-6-11-24(25)34(29,36)26-13-8-9-14-27(26)35/h6-9,11-14,16-19,29-30H,2-5,10,15,20-21H2,1H3,(H,38,40)/t29-,30+,34?,35?. The molecule has 9 heteroatoms. The molecule has 228 valence electrons. The lowest BCUT2D eigenvalue weighted by Gasteiger charge is -2.54. The highest BCUT2D eigenvalue weighted by molar-refractivity contribution is 6.36. The molecule has 3 aliphatic carbocycles. The van der Waals surface area contributed by atoms with Crippen LogP contribution in [0.15, 0.2) is 72.8 Å². The Morgan fingerprint density at radius 2 is 1.30 bits per heavy atom. The van der Waals surface area contributed by atoms with Gasteiger partial charge in [-0.1, -0.05) is 68.3 Å². The van der Waals surface area contributed by atoms with E-state index >= 15 is 0 Å². The van der Waals surface area contributed by atoms with E-state index in [2.05, 4.69) is 5.32 Å². The van der Waals surface area contributed by atoms with Gasteiger partial charge in [-0.25, -0.2) is 4.79 Å². The number of hydrogen-bond donors (Lipinski definition) is 1. The van der Waals surface area contributed by atoms with Crippen molar-refractivity contribution in [3.05, 3.63) is 101 Å². The lowest BCUT2D eigenvalue weighted by Crippen LogP contribution is -2.57. The number of carbonyl (C=O) groups excluding carboxylic acids is 4. The number of alkyl halides is 2. The predicted octanol–water partition coefficient (Wildman–Crippen LogP) is 6.74. The van der Waals surface area contributed by atoms with E-state index in [1.165, 1.54) is 4.90 Å². The highest BCUT2D eigenvalue weighted by Crippen LogP contribution is 2.69. The smallest absolute Gasteiger partial charge is 0.338 e. The number of halogens is 2. The zero-order valence-corrected chi connectivity index (χ0v) is 26.0. The molecule has 0 aromatic heterocycles. The molecule has 3 amide bonds. The van der Waals surface area contributed by atoms with Crippen LogP contribution in [0.2, 0.25) is 0 Å². The molecule has 44 heavy (non-hydrogen) atoms. The number of benzene rings is 3. The van der Waals surface area contributed by atoms with Crippen molar-refractivity contribution < 1.29 is 23.9 Å². The number of hydrogen-bond acceptors (Lipinski definition) is 5. The van der Waals surface area contributed by atoms with Gasteiger partial charge in [0, 0.05) is 18.7 Å². The maximum Gasteiger partial charge on any atom is 0.338 e. The topological polar surface area (TPSA) is 92.8 Å². The van der Waals surface area contributed by atoms with Gasteiger partial charge in [-0.2, -0.15) is 0 Å². The van der Waals surface area contributed by atoms with Crippen LogP contribution >= 0.6 is 23.2 Å². The van der Waals surface area contributed by atoms with Crippen molar-refractivity contribution in [2.24, 2.45) is 11.8 Å². The third-order valence-electron chi connectivity index (χ3n) is 9.10. The molecular weight excluding hydrogens is 599 g/mol. The quantitative estimate of drug-likeness (QED) is 0.109. The van der Waals surface area contributed by atoms with Crippen LogP contribution in [0.3, 0.4) is 0 Å². The SMILES string of the molecule is CCCCOC(=O)c1ccc(NC(=O)CCCCCN2C(=O)[C@@H]3[C@H](C2=O)C2(Cl)c4ccccc4C3(Cl)c3ccccc32)cc1. The molecule has 1 heterocycles. The number of nitrogens with one attached hydrogen (secondary N) is 1. The first kappa shape index (κ1) is 30.4. The summed E-state index contributed by atoms with van der Waals surface area (Å²) in [5.74, 6) is -2.71. The Kier molecular flexibility index (Phi) is 8.29. The summed E-state index contributed by atoms with van der Waals surface area (Å²) < 4.78 is 5.21. The highest BCUT2D eigenvalue weighted by atomic mass is 35.5. The molecule has 3 aromatic carbocycles. The molecule has 1 aliphatic heterocycles. The van der Waals surface area contributed by atoms with Crippen molar-refractivity contribution in [3.8, 4) is 0 Å². The van der Waals surface area contributed by atoms with E-state index < -0.39 is 21.6 Å². The number of anilines is 1. The predicted molar refractivity (Wildman–Crippen MR) is 169 cm³/mol. The van der Waals surface area contributed by atoms with Crippen molar-refractivity contribution in [1.82, 2.24) is 4.90 Å². The van der Waals surface area contributed by atoms with E-state index in [-0.39, 0.29) is 36.7 Å². The average molecular weight is 634 g/mol. The summed E-state index contributed by atoms with van der Waals surface area (Å²) in [4.78, 5) is 51.3. The Bertz CT molecular complexity index is 1500. The summed E-state index contributed by atoms with van der Waals surface area (Å²) in [6.45, 7) is 2.66. The van der Waals surface area contributed by atoms with Gasteiger partial charge < -0.3 is 10.1 Å². The van der Waals surface area contributed by atoms with Crippen molar-refractivity contribution in [1.29, 1.82) is 0 Å². The number of esters is 1. The average Bonchev–Trinajstić information content (AvgIpc) is 3.30. The van der Waals surface area contributed by atoms with Gasteiger partial charge in [-0.3, -0.25) is 19.3 Å². The monoisotopic (exact) mass is 632 g/mol. The van der Waals surface area contributed by atoms with Gasteiger partial charge in [0.1, 0.15) is 9.75 Å². The van der Waals surface area contributed by atoms with Gasteiger partial charge in [0.25, 0.3) is 0 Å². The first-order valence-electron chi connectivity index (χ1n) is 15.2. The van der Waals surface area contributed by atoms with Gasteiger partial charge in [0.2, 0.25) is 17.7 Å². The van der Waals surface area contributed by atoms with E-state index in [4.69, 9.17) is 27.9 Å². The second kappa shape index (κ2) is 12.0. The summed E-state index contributed by atoms with van der Waals surface area (Å²) >= 11 is 14.9. The largest absolute Gasteiger partial charge is 0.462 e. The second-order valence-corrected chi connectivity index (χ2v) is 12.9. The van der Waals surface area contributed by atoms with E-state index in [1.807, 2.05) is 55.5 Å². The molecular formula is C35H34Cl2N2O5. The fourth-order valence-electron chi connectivity index (χ4n) is 6.98. The molecule has 0 spiro atoms. The van der Waals surface area contributed by atoms with Crippen LogP contribution in [-0.2, 0) is 28.9 Å². The van der Waals surface area contributed by atoms with E-state index in [1.54, 1.807) is 24.3 Å². The molecule has 0 radical (unpaired) electrons. The minimum atomic E-state index is -1.18. The summed E-state index contributed by atoms with van der Waals surface area (Å²) in [7, 11) is 0. The van der Waals surface area contributed by atoms with Crippen LogP contribution in [0.1, 0.15) is 78.1 Å². The molecule has 2 atom stereocenters. The number of nitrogens with zero attached hydrogens (tertiary/aromatic N) is 1. The molecule has 4 aliphatic rings. The third-order valence-corrected chi connectivity index (χ3v) is 10.4. The fraction of sp³-hybridized carbons (Fsp3) is 0.371. The molecule has 1 saturated heterocycles. The lowest BCUT2D eigenvalue weighted by molar-refractivity contribution is -0.140. The number of ether oxygens (including phenoxy) is 1. The van der Waals surface area contributed by atoms with Crippen LogP contribution in [0.25, 0.3) is 0 Å². The number of carbonyl (C=O) groups is 4. The van der Waals surface area contributed by atoms with Crippen molar-refractivity contribution >= 4 is 52.6 Å². The van der Waals surface area contributed by atoms with Crippen LogP contribution in [0.4, 0.5) is 5.69 Å². The number of amides is 3. The number of likely N-dealkylation sites (tertiary alicyclic amines) is 1. The minimum absolute atomic E-state index is 0.150. The van der Waals surface area contributed by atoms with Crippen molar-refractivity contribution in [2.45, 2.75) is 55.2 Å². The number of rotatable bonds is 11. The van der Waals surface area contributed by atoms with Gasteiger partial charge in [0.15, 0.2) is 0 Å². The molecule has 0 saturated carbocycles. The van der Waals surface area contributed by atoms with Gasteiger partial charge in [0.05, 0.1) is 24.0 Å². The third kappa shape index (κ3) is 4.81. The minimum Gasteiger partial charge on any atom is -0.462 e. The molecule has 3 aromatic rings. The maximum atomic E-state index is 13.9. The second-order valence-electron chi connectivity index (χ2n) is 11.7. The highest BCUT2D eigenvalue weighted by Gasteiger charge is 2.72. The van der Waals surface area contributed by atoms with E-state index in [0.29, 0.717) is 37.1 Å². The Labute approximate surface area is 266 Å². The first-order chi connectivity index (χ1) is 21.2. The van der Waals surface area contributed by atoms with Gasteiger partial charge in [-0.15, -0.1) is 23.2 Å². The van der Waals surface area contributed by atoms with Gasteiger partial charge in [-0.05, 0) is 65.8 Å². The Balaban J connectivity index is 1.05. The molecule has 7 nitrogen and oxygen atoms in total. The summed E-state index contributed by atoms with van der Waals surface area (Å²) in [5, 5.41) is 2.84. The first-order valence-corrected chi connectivity index (χ1v) is 16.0. The van der Waals surface area contributed by atoms with Crippen molar-refractivity contribution in [3.63, 3.8) is 0 Å². The molecule has 7 rings (SSSR count). The Morgan fingerprint density at radius 1 is 0.773 bits per heavy atom. The molecule has 1 N–H and O–H groups in total. The molecule has 1 fully saturated rings. The summed E-state index contributed by atoms with van der Waals surface area (Å²) in [6.07, 6.45) is 3.85. The van der Waals surface area contributed by atoms with Crippen LogP contribution in [0, 0.1) is 11.8 Å². The normalized spacial score (nSPS) is 24.5. The Morgan fingerprint density at radius 3 is 1.80 bits per heavy atom. The molecule has 0 unspecified atom stereocenters.